The maximum absolute atomic E-state index is 12.2. The first-order valence-corrected chi connectivity index (χ1v) is 7.25. The van der Waals surface area contributed by atoms with Crippen molar-refractivity contribution in [2.75, 3.05) is 13.1 Å². The Morgan fingerprint density at radius 2 is 2.28 bits per heavy atom. The quantitative estimate of drug-likeness (QED) is 0.834. The fourth-order valence-electron chi connectivity index (χ4n) is 2.06. The van der Waals surface area contributed by atoms with Gasteiger partial charge in [-0.1, -0.05) is 0 Å². The molecule has 0 radical (unpaired) electrons. The van der Waals surface area contributed by atoms with Crippen LogP contribution in [0.4, 0.5) is 0 Å². The summed E-state index contributed by atoms with van der Waals surface area (Å²) in [5.74, 6) is 0. The van der Waals surface area contributed by atoms with Crippen LogP contribution in [0.3, 0.4) is 0 Å². The zero-order chi connectivity index (χ0) is 13.2. The molecule has 0 aromatic heterocycles. The number of hydrogen-bond donors (Lipinski definition) is 2. The SMILES string of the molecule is Cc1cc(C#N)ccc1S(=O)(=O)NC1CCNC1. The van der Waals surface area contributed by atoms with Crippen molar-refractivity contribution in [2.45, 2.75) is 24.3 Å². The summed E-state index contributed by atoms with van der Waals surface area (Å²) in [5.41, 5.74) is 1.06. The molecule has 1 heterocycles. The Labute approximate surface area is 107 Å². The van der Waals surface area contributed by atoms with E-state index < -0.39 is 10.0 Å². The molecule has 18 heavy (non-hydrogen) atoms. The van der Waals surface area contributed by atoms with E-state index in [4.69, 9.17) is 5.26 Å². The van der Waals surface area contributed by atoms with Crippen molar-refractivity contribution in [1.29, 1.82) is 5.26 Å². The third-order valence-corrected chi connectivity index (χ3v) is 4.66. The second kappa shape index (κ2) is 5.06. The third-order valence-electron chi connectivity index (χ3n) is 2.98. The van der Waals surface area contributed by atoms with Crippen LogP contribution in [0.15, 0.2) is 23.1 Å². The lowest BCUT2D eigenvalue weighted by Gasteiger charge is -2.13. The Morgan fingerprint density at radius 3 is 2.83 bits per heavy atom. The topological polar surface area (TPSA) is 82.0 Å². The molecule has 1 atom stereocenters. The number of nitrogens with zero attached hydrogens (tertiary/aromatic N) is 1. The van der Waals surface area contributed by atoms with E-state index in [9.17, 15) is 8.42 Å². The van der Waals surface area contributed by atoms with Crippen molar-refractivity contribution in [3.05, 3.63) is 29.3 Å². The van der Waals surface area contributed by atoms with Crippen LogP contribution in [0.1, 0.15) is 17.5 Å². The first-order valence-electron chi connectivity index (χ1n) is 5.77. The van der Waals surface area contributed by atoms with E-state index in [0.29, 0.717) is 17.7 Å². The minimum Gasteiger partial charge on any atom is -0.315 e. The summed E-state index contributed by atoms with van der Waals surface area (Å²) < 4.78 is 27.1. The highest BCUT2D eigenvalue weighted by atomic mass is 32.2. The van der Waals surface area contributed by atoms with Gasteiger partial charge in [-0.15, -0.1) is 0 Å². The van der Waals surface area contributed by atoms with Crippen molar-refractivity contribution in [1.82, 2.24) is 10.0 Å². The maximum atomic E-state index is 12.2. The van der Waals surface area contributed by atoms with Crippen LogP contribution in [0, 0.1) is 18.3 Å². The molecular weight excluding hydrogens is 250 g/mol. The molecule has 0 bridgehead atoms. The van der Waals surface area contributed by atoms with E-state index in [1.54, 1.807) is 13.0 Å². The summed E-state index contributed by atoms with van der Waals surface area (Å²) in [5, 5.41) is 11.9. The lowest BCUT2D eigenvalue weighted by Crippen LogP contribution is -2.36. The van der Waals surface area contributed by atoms with Crippen LogP contribution in [-0.4, -0.2) is 27.5 Å². The summed E-state index contributed by atoms with van der Waals surface area (Å²) >= 11 is 0. The first kappa shape index (κ1) is 13.0. The molecule has 1 unspecified atom stereocenters. The number of nitriles is 1. The lowest BCUT2D eigenvalue weighted by atomic mass is 10.2. The van der Waals surface area contributed by atoms with Crippen molar-refractivity contribution in [2.24, 2.45) is 0 Å². The summed E-state index contributed by atoms with van der Waals surface area (Å²) in [6.07, 6.45) is 0.800. The Balaban J connectivity index is 2.27. The molecule has 1 saturated heterocycles. The van der Waals surface area contributed by atoms with Crippen LogP contribution < -0.4 is 10.0 Å². The Morgan fingerprint density at radius 1 is 1.50 bits per heavy atom. The predicted octanol–water partition coefficient (Wildman–Crippen LogP) is 0.507. The summed E-state index contributed by atoms with van der Waals surface area (Å²) in [6.45, 7) is 3.19. The van der Waals surface area contributed by atoms with Gasteiger partial charge in [-0.05, 0) is 43.7 Å². The summed E-state index contributed by atoms with van der Waals surface area (Å²) in [6, 6.07) is 6.54. The van der Waals surface area contributed by atoms with Gasteiger partial charge in [0.05, 0.1) is 16.5 Å². The van der Waals surface area contributed by atoms with Gasteiger partial charge < -0.3 is 5.32 Å². The van der Waals surface area contributed by atoms with Gasteiger partial charge in [-0.3, -0.25) is 0 Å². The summed E-state index contributed by atoms with van der Waals surface area (Å²) in [7, 11) is -3.50. The minimum atomic E-state index is -3.50. The molecule has 0 aliphatic carbocycles. The monoisotopic (exact) mass is 265 g/mol. The van der Waals surface area contributed by atoms with Gasteiger partial charge in [0, 0.05) is 12.6 Å². The van der Waals surface area contributed by atoms with E-state index >= 15 is 0 Å². The fourth-order valence-corrected chi connectivity index (χ4v) is 3.56. The van der Waals surface area contributed by atoms with E-state index in [-0.39, 0.29) is 10.9 Å². The highest BCUT2D eigenvalue weighted by molar-refractivity contribution is 7.89. The van der Waals surface area contributed by atoms with E-state index in [0.717, 1.165) is 13.0 Å². The van der Waals surface area contributed by atoms with Crippen LogP contribution in [0.2, 0.25) is 0 Å². The van der Waals surface area contributed by atoms with Crippen molar-refractivity contribution in [3.63, 3.8) is 0 Å². The second-order valence-corrected chi connectivity index (χ2v) is 6.09. The predicted molar refractivity (Wildman–Crippen MR) is 67.5 cm³/mol. The van der Waals surface area contributed by atoms with Gasteiger partial charge in [0.25, 0.3) is 0 Å². The highest BCUT2D eigenvalue weighted by Crippen LogP contribution is 2.17. The number of hydrogen-bond acceptors (Lipinski definition) is 4. The van der Waals surface area contributed by atoms with Crippen LogP contribution in [0.5, 0.6) is 0 Å². The van der Waals surface area contributed by atoms with E-state index in [1.165, 1.54) is 12.1 Å². The third kappa shape index (κ3) is 2.70. The number of nitrogens with one attached hydrogen (secondary N) is 2. The largest absolute Gasteiger partial charge is 0.315 e. The number of aryl methyl sites for hydroxylation is 1. The van der Waals surface area contributed by atoms with Crippen LogP contribution in [0.25, 0.3) is 0 Å². The van der Waals surface area contributed by atoms with Crippen molar-refractivity contribution < 1.29 is 8.42 Å². The number of benzene rings is 1. The van der Waals surface area contributed by atoms with Crippen molar-refractivity contribution >= 4 is 10.0 Å². The molecule has 0 saturated carbocycles. The Hall–Kier alpha value is -1.42. The smallest absolute Gasteiger partial charge is 0.241 e. The summed E-state index contributed by atoms with van der Waals surface area (Å²) in [4.78, 5) is 0.244. The molecule has 1 fully saturated rings. The number of sulfonamides is 1. The molecule has 96 valence electrons. The van der Waals surface area contributed by atoms with Crippen LogP contribution in [-0.2, 0) is 10.0 Å². The molecule has 5 nitrogen and oxygen atoms in total. The zero-order valence-electron chi connectivity index (χ0n) is 10.1. The molecular formula is C12H15N3O2S. The van der Waals surface area contributed by atoms with E-state index in [1.807, 2.05) is 6.07 Å². The molecule has 1 aliphatic heterocycles. The average molecular weight is 265 g/mol. The van der Waals surface area contributed by atoms with Crippen molar-refractivity contribution in [3.8, 4) is 6.07 Å². The Bertz CT molecular complexity index is 584. The van der Waals surface area contributed by atoms with Gasteiger partial charge in [-0.2, -0.15) is 5.26 Å². The van der Waals surface area contributed by atoms with E-state index in [2.05, 4.69) is 10.0 Å². The minimum absolute atomic E-state index is 0.0509. The lowest BCUT2D eigenvalue weighted by molar-refractivity contribution is 0.559. The van der Waals surface area contributed by atoms with Gasteiger partial charge >= 0.3 is 0 Å². The molecule has 0 amide bonds. The molecule has 1 aliphatic rings. The first-order chi connectivity index (χ1) is 8.53. The average Bonchev–Trinajstić information content (AvgIpc) is 2.80. The van der Waals surface area contributed by atoms with Gasteiger partial charge in [0.2, 0.25) is 10.0 Å². The molecule has 1 aromatic carbocycles. The zero-order valence-corrected chi connectivity index (χ0v) is 10.9. The maximum Gasteiger partial charge on any atom is 0.241 e. The highest BCUT2D eigenvalue weighted by Gasteiger charge is 2.23. The van der Waals surface area contributed by atoms with Crippen LogP contribution >= 0.6 is 0 Å². The fraction of sp³-hybridized carbons (Fsp3) is 0.417. The second-order valence-electron chi connectivity index (χ2n) is 4.40. The molecule has 6 heteroatoms. The molecule has 0 spiro atoms. The molecule has 2 rings (SSSR count). The van der Waals surface area contributed by atoms with Gasteiger partial charge in [-0.25, -0.2) is 13.1 Å². The van der Waals surface area contributed by atoms with Gasteiger partial charge in [0.15, 0.2) is 0 Å². The number of rotatable bonds is 3. The normalized spacial score (nSPS) is 19.7. The molecule has 2 N–H and O–H groups in total. The Kier molecular flexibility index (Phi) is 3.66. The van der Waals surface area contributed by atoms with Gasteiger partial charge in [0.1, 0.15) is 0 Å². The standard InChI is InChI=1S/C12H15N3O2S/c1-9-6-10(7-13)2-3-12(9)18(16,17)15-11-4-5-14-8-11/h2-3,6,11,14-15H,4-5,8H2,1H3. The molecule has 1 aromatic rings.